The minimum atomic E-state index is -0.183. The molecule has 18 heavy (non-hydrogen) atoms. The number of thioether (sulfide) groups is 1. The lowest BCUT2D eigenvalue weighted by Gasteiger charge is -2.06. The summed E-state index contributed by atoms with van der Waals surface area (Å²) in [5.41, 5.74) is 7.06. The van der Waals surface area contributed by atoms with Crippen LogP contribution >= 0.6 is 43.6 Å². The second-order valence-electron chi connectivity index (χ2n) is 3.71. The summed E-state index contributed by atoms with van der Waals surface area (Å²) < 4.78 is 15.4. The molecule has 0 aliphatic rings. The van der Waals surface area contributed by atoms with Crippen LogP contribution in [-0.2, 0) is 5.75 Å². The molecule has 0 aliphatic carbocycles. The third-order valence-electron chi connectivity index (χ3n) is 2.35. The number of benzene rings is 2. The Hall–Kier alpha value is -0.520. The van der Waals surface area contributed by atoms with Gasteiger partial charge in [-0.05, 0) is 57.9 Å². The van der Waals surface area contributed by atoms with Gasteiger partial charge in [-0.2, -0.15) is 0 Å². The molecule has 2 rings (SSSR count). The van der Waals surface area contributed by atoms with Crippen molar-refractivity contribution in [2.24, 2.45) is 0 Å². The van der Waals surface area contributed by atoms with Gasteiger partial charge in [0.15, 0.2) is 0 Å². The predicted octanol–water partition coefficient (Wildman–Crippen LogP) is 5.23. The van der Waals surface area contributed by atoms with Gasteiger partial charge in [-0.3, -0.25) is 0 Å². The van der Waals surface area contributed by atoms with E-state index in [0.717, 1.165) is 13.8 Å². The van der Waals surface area contributed by atoms with Crippen LogP contribution in [0.15, 0.2) is 50.2 Å². The summed E-state index contributed by atoms with van der Waals surface area (Å²) in [6, 6.07) is 10.6. The van der Waals surface area contributed by atoms with Gasteiger partial charge in [-0.25, -0.2) is 4.39 Å². The second kappa shape index (κ2) is 6.08. The maximum absolute atomic E-state index is 13.6. The topological polar surface area (TPSA) is 26.0 Å². The third kappa shape index (κ3) is 3.49. The lowest BCUT2D eigenvalue weighted by molar-refractivity contribution is 0.617. The van der Waals surface area contributed by atoms with Crippen LogP contribution in [0.25, 0.3) is 0 Å². The molecule has 0 radical (unpaired) electrons. The molecule has 0 saturated carbocycles. The van der Waals surface area contributed by atoms with Crippen molar-refractivity contribution < 1.29 is 4.39 Å². The molecule has 0 saturated heterocycles. The Morgan fingerprint density at radius 2 is 1.89 bits per heavy atom. The van der Waals surface area contributed by atoms with Gasteiger partial charge in [0.05, 0.1) is 0 Å². The first-order chi connectivity index (χ1) is 8.56. The monoisotopic (exact) mass is 389 g/mol. The Bertz CT molecular complexity index is 575. The van der Waals surface area contributed by atoms with E-state index in [1.54, 1.807) is 23.9 Å². The fourth-order valence-electron chi connectivity index (χ4n) is 1.44. The lowest BCUT2D eigenvalue weighted by atomic mass is 10.2. The van der Waals surface area contributed by atoms with Crippen LogP contribution < -0.4 is 5.73 Å². The third-order valence-corrected chi connectivity index (χ3v) is 4.88. The van der Waals surface area contributed by atoms with Gasteiger partial charge in [0, 0.05) is 25.3 Å². The Labute approximate surface area is 126 Å². The largest absolute Gasteiger partial charge is 0.399 e. The Morgan fingerprint density at radius 3 is 2.61 bits per heavy atom. The van der Waals surface area contributed by atoms with Crippen LogP contribution in [0.4, 0.5) is 10.1 Å². The van der Waals surface area contributed by atoms with E-state index in [4.69, 9.17) is 5.73 Å². The highest BCUT2D eigenvalue weighted by molar-refractivity contribution is 9.10. The molecule has 94 valence electrons. The zero-order valence-electron chi connectivity index (χ0n) is 9.29. The van der Waals surface area contributed by atoms with Gasteiger partial charge >= 0.3 is 0 Å². The van der Waals surface area contributed by atoms with Crippen LogP contribution in [0.3, 0.4) is 0 Å². The first-order valence-corrected chi connectivity index (χ1v) is 7.75. The SMILES string of the molecule is Nc1ccc(SCc2cc(Br)ccc2F)c(Br)c1. The number of anilines is 1. The summed E-state index contributed by atoms with van der Waals surface area (Å²) in [6.45, 7) is 0. The van der Waals surface area contributed by atoms with E-state index in [1.165, 1.54) is 6.07 Å². The summed E-state index contributed by atoms with van der Waals surface area (Å²) in [5.74, 6) is 0.394. The maximum Gasteiger partial charge on any atom is 0.127 e. The van der Waals surface area contributed by atoms with Crippen LogP contribution in [0.5, 0.6) is 0 Å². The standard InChI is InChI=1S/C13H10Br2FNS/c14-9-1-3-12(16)8(5-9)7-18-13-4-2-10(17)6-11(13)15/h1-6H,7,17H2. The highest BCUT2D eigenvalue weighted by Crippen LogP contribution is 2.32. The van der Waals surface area contributed by atoms with Crippen molar-refractivity contribution in [3.8, 4) is 0 Å². The Balaban J connectivity index is 2.13. The normalized spacial score (nSPS) is 10.6. The molecule has 0 atom stereocenters. The number of hydrogen-bond donors (Lipinski definition) is 1. The predicted molar refractivity (Wildman–Crippen MR) is 82.2 cm³/mol. The van der Waals surface area contributed by atoms with Crippen molar-refractivity contribution in [3.05, 3.63) is 56.7 Å². The highest BCUT2D eigenvalue weighted by Gasteiger charge is 2.06. The molecule has 2 N–H and O–H groups in total. The van der Waals surface area contributed by atoms with Crippen molar-refractivity contribution in [2.75, 3.05) is 5.73 Å². The van der Waals surface area contributed by atoms with E-state index >= 15 is 0 Å². The van der Waals surface area contributed by atoms with E-state index in [9.17, 15) is 4.39 Å². The molecule has 0 bridgehead atoms. The van der Waals surface area contributed by atoms with Gasteiger partial charge in [0.25, 0.3) is 0 Å². The number of nitrogens with two attached hydrogens (primary N) is 1. The van der Waals surface area contributed by atoms with E-state index in [1.807, 2.05) is 18.2 Å². The van der Waals surface area contributed by atoms with Crippen LogP contribution in [0, 0.1) is 5.82 Å². The molecule has 0 heterocycles. The average Bonchev–Trinajstić information content (AvgIpc) is 2.32. The van der Waals surface area contributed by atoms with Crippen molar-refractivity contribution in [1.29, 1.82) is 0 Å². The molecule has 0 aliphatic heterocycles. The van der Waals surface area contributed by atoms with Gasteiger partial charge < -0.3 is 5.73 Å². The highest BCUT2D eigenvalue weighted by atomic mass is 79.9. The van der Waals surface area contributed by atoms with Crippen LogP contribution in [0.1, 0.15) is 5.56 Å². The van der Waals surface area contributed by atoms with E-state index in [2.05, 4.69) is 31.9 Å². The summed E-state index contributed by atoms with van der Waals surface area (Å²) in [6.07, 6.45) is 0. The van der Waals surface area contributed by atoms with Crippen molar-refractivity contribution in [2.45, 2.75) is 10.6 Å². The van der Waals surface area contributed by atoms with Gasteiger partial charge in [0.1, 0.15) is 5.82 Å². The van der Waals surface area contributed by atoms with Gasteiger partial charge in [-0.15, -0.1) is 11.8 Å². The molecule has 2 aromatic carbocycles. The molecule has 2 aromatic rings. The fraction of sp³-hybridized carbons (Fsp3) is 0.0769. The molecular formula is C13H10Br2FNS. The minimum absolute atomic E-state index is 0.183. The Kier molecular flexibility index (Phi) is 4.70. The number of rotatable bonds is 3. The molecule has 5 heteroatoms. The van der Waals surface area contributed by atoms with Gasteiger partial charge in [0.2, 0.25) is 0 Å². The summed E-state index contributed by atoms with van der Waals surface area (Å²) in [4.78, 5) is 1.04. The number of hydrogen-bond acceptors (Lipinski definition) is 2. The average molecular weight is 391 g/mol. The molecule has 0 aromatic heterocycles. The summed E-state index contributed by atoms with van der Waals surface area (Å²) >= 11 is 8.36. The van der Waals surface area contributed by atoms with Gasteiger partial charge in [-0.1, -0.05) is 15.9 Å². The van der Waals surface area contributed by atoms with Crippen molar-refractivity contribution in [3.63, 3.8) is 0 Å². The number of nitrogen functional groups attached to an aromatic ring is 1. The zero-order valence-corrected chi connectivity index (χ0v) is 13.3. The van der Waals surface area contributed by atoms with Crippen LogP contribution in [0.2, 0.25) is 0 Å². The minimum Gasteiger partial charge on any atom is -0.399 e. The quantitative estimate of drug-likeness (QED) is 0.573. The molecule has 0 fully saturated rings. The van der Waals surface area contributed by atoms with Crippen LogP contribution in [-0.4, -0.2) is 0 Å². The molecule has 1 nitrogen and oxygen atoms in total. The summed E-state index contributed by atoms with van der Waals surface area (Å²) in [5, 5.41) is 0. The molecular weight excluding hydrogens is 381 g/mol. The zero-order chi connectivity index (χ0) is 13.1. The first kappa shape index (κ1) is 13.9. The van der Waals surface area contributed by atoms with E-state index in [-0.39, 0.29) is 5.82 Å². The van der Waals surface area contributed by atoms with Crippen molar-refractivity contribution >= 4 is 49.3 Å². The first-order valence-electron chi connectivity index (χ1n) is 5.18. The van der Waals surface area contributed by atoms with Crippen molar-refractivity contribution in [1.82, 2.24) is 0 Å². The van der Waals surface area contributed by atoms with E-state index in [0.29, 0.717) is 17.0 Å². The second-order valence-corrected chi connectivity index (χ2v) is 6.50. The summed E-state index contributed by atoms with van der Waals surface area (Å²) in [7, 11) is 0. The molecule has 0 spiro atoms. The molecule has 0 amide bonds. The smallest absolute Gasteiger partial charge is 0.127 e. The number of halogens is 3. The molecule has 0 unspecified atom stereocenters. The fourth-order valence-corrected chi connectivity index (χ4v) is 3.49. The lowest BCUT2D eigenvalue weighted by Crippen LogP contribution is -1.89. The maximum atomic E-state index is 13.6. The van der Waals surface area contributed by atoms with E-state index < -0.39 is 0 Å². The Morgan fingerprint density at radius 1 is 1.11 bits per heavy atom.